The first-order chi connectivity index (χ1) is 16.9. The summed E-state index contributed by atoms with van der Waals surface area (Å²) in [7, 11) is 3.28. The van der Waals surface area contributed by atoms with Crippen molar-refractivity contribution in [3.05, 3.63) is 118 Å². The van der Waals surface area contributed by atoms with Crippen LogP contribution in [0.15, 0.2) is 78.9 Å². The van der Waals surface area contributed by atoms with Crippen molar-refractivity contribution in [3.8, 4) is 23.0 Å². The number of aromatic hydroxyl groups is 3. The molecule has 0 radical (unpaired) electrons. The third kappa shape index (κ3) is 6.14. The summed E-state index contributed by atoms with van der Waals surface area (Å²) in [5.74, 6) is 1.48. The molecule has 0 atom stereocenters. The molecule has 3 N–H and O–H groups in total. The second-order valence-electron chi connectivity index (χ2n) is 8.70. The molecule has 0 saturated carbocycles. The lowest BCUT2D eigenvalue weighted by atomic mass is 9.92. The van der Waals surface area contributed by atoms with Gasteiger partial charge in [0.15, 0.2) is 0 Å². The number of rotatable bonds is 9. The summed E-state index contributed by atoms with van der Waals surface area (Å²) in [5, 5.41) is 31.3. The normalized spacial score (nSPS) is 10.9. The van der Waals surface area contributed by atoms with Gasteiger partial charge >= 0.3 is 0 Å². The van der Waals surface area contributed by atoms with E-state index in [1.165, 1.54) is 0 Å². The van der Waals surface area contributed by atoms with Gasteiger partial charge in [-0.1, -0.05) is 42.5 Å². The van der Waals surface area contributed by atoms with Crippen molar-refractivity contribution in [1.29, 1.82) is 0 Å². The van der Waals surface area contributed by atoms with Gasteiger partial charge in [0.25, 0.3) is 0 Å². The summed E-state index contributed by atoms with van der Waals surface area (Å²) in [6.45, 7) is 0.470. The molecule has 0 aromatic heterocycles. The van der Waals surface area contributed by atoms with Crippen LogP contribution in [0, 0.1) is 0 Å². The van der Waals surface area contributed by atoms with E-state index in [-0.39, 0.29) is 17.2 Å². The minimum atomic E-state index is 0.207. The van der Waals surface area contributed by atoms with Gasteiger partial charge in [-0.2, -0.15) is 0 Å². The third-order valence-electron chi connectivity index (χ3n) is 6.06. The Morgan fingerprint density at radius 1 is 0.571 bits per heavy atom. The Balaban J connectivity index is 1.71. The molecule has 0 unspecified atom stereocenters. The molecule has 0 aliphatic carbocycles. The SMILES string of the molecule is COCc1ccc(O)c(Cc2cc(Cc3ccc(O)cc3)c(O)c(Cc3ccc(OC)cc3)c2)c1. The Kier molecular flexibility index (Phi) is 7.58. The molecule has 5 heteroatoms. The molecule has 0 amide bonds. The molecule has 4 rings (SSSR count). The molecule has 0 aliphatic heterocycles. The summed E-state index contributed by atoms with van der Waals surface area (Å²) in [5.41, 5.74) is 6.43. The van der Waals surface area contributed by atoms with E-state index >= 15 is 0 Å². The molecule has 0 aliphatic rings. The summed E-state index contributed by atoms with van der Waals surface area (Å²) in [6.07, 6.45) is 1.59. The summed E-state index contributed by atoms with van der Waals surface area (Å²) >= 11 is 0. The second-order valence-corrected chi connectivity index (χ2v) is 8.70. The highest BCUT2D eigenvalue weighted by Gasteiger charge is 2.14. The van der Waals surface area contributed by atoms with E-state index in [0.29, 0.717) is 25.9 Å². The molecule has 4 aromatic rings. The standard InChI is InChI=1S/C30H30O5/c1-34-19-22-7-12-29(32)24(15-22)16-23-17-25(13-20-3-8-27(31)9-4-20)30(33)26(18-23)14-21-5-10-28(35-2)11-6-21/h3-12,15,17-18,31-33H,13-14,16,19H2,1-2H3. The van der Waals surface area contributed by atoms with Crippen molar-refractivity contribution in [2.45, 2.75) is 25.9 Å². The highest BCUT2D eigenvalue weighted by Crippen LogP contribution is 2.32. The van der Waals surface area contributed by atoms with Crippen LogP contribution in [0.25, 0.3) is 0 Å². The Bertz CT molecular complexity index is 1280. The Morgan fingerprint density at radius 3 is 1.66 bits per heavy atom. The lowest BCUT2D eigenvalue weighted by molar-refractivity contribution is 0.185. The zero-order valence-electron chi connectivity index (χ0n) is 20.0. The minimum absolute atomic E-state index is 0.207. The van der Waals surface area contributed by atoms with Crippen molar-refractivity contribution < 1.29 is 24.8 Å². The number of hydrogen-bond acceptors (Lipinski definition) is 5. The van der Waals surface area contributed by atoms with Crippen LogP contribution in [-0.4, -0.2) is 29.5 Å². The molecular weight excluding hydrogens is 440 g/mol. The van der Waals surface area contributed by atoms with Crippen LogP contribution >= 0.6 is 0 Å². The van der Waals surface area contributed by atoms with Gasteiger partial charge in [-0.25, -0.2) is 0 Å². The summed E-state index contributed by atoms with van der Waals surface area (Å²) in [6, 6.07) is 24.3. The zero-order valence-corrected chi connectivity index (χ0v) is 20.0. The Labute approximate surface area is 205 Å². The number of phenolic OH excluding ortho intramolecular Hbond substituents is 3. The molecule has 4 aromatic carbocycles. The van der Waals surface area contributed by atoms with E-state index in [0.717, 1.165) is 44.7 Å². The monoisotopic (exact) mass is 470 g/mol. The van der Waals surface area contributed by atoms with Crippen molar-refractivity contribution >= 4 is 0 Å². The number of benzene rings is 4. The van der Waals surface area contributed by atoms with Gasteiger partial charge in [0, 0.05) is 26.4 Å². The second kappa shape index (κ2) is 11.0. The predicted molar refractivity (Wildman–Crippen MR) is 136 cm³/mol. The van der Waals surface area contributed by atoms with Crippen molar-refractivity contribution in [2.24, 2.45) is 0 Å². The maximum absolute atomic E-state index is 11.2. The number of phenols is 3. The van der Waals surface area contributed by atoms with Crippen LogP contribution in [0.3, 0.4) is 0 Å². The maximum atomic E-state index is 11.2. The average molecular weight is 471 g/mol. The summed E-state index contributed by atoms with van der Waals surface area (Å²) in [4.78, 5) is 0. The zero-order chi connectivity index (χ0) is 24.8. The highest BCUT2D eigenvalue weighted by atomic mass is 16.5. The summed E-state index contributed by atoms with van der Waals surface area (Å²) < 4.78 is 10.5. The third-order valence-corrected chi connectivity index (χ3v) is 6.06. The van der Waals surface area contributed by atoms with Crippen LogP contribution < -0.4 is 4.74 Å². The molecule has 0 fully saturated rings. The maximum Gasteiger partial charge on any atom is 0.122 e. The first-order valence-corrected chi connectivity index (χ1v) is 11.5. The van der Waals surface area contributed by atoms with Gasteiger partial charge in [-0.3, -0.25) is 0 Å². The predicted octanol–water partition coefficient (Wildman–Crippen LogP) is 5.73. The van der Waals surface area contributed by atoms with Gasteiger partial charge in [0.05, 0.1) is 13.7 Å². The number of methoxy groups -OCH3 is 2. The molecule has 0 spiro atoms. The van der Waals surface area contributed by atoms with Gasteiger partial charge in [0.1, 0.15) is 23.0 Å². The largest absolute Gasteiger partial charge is 0.508 e. The van der Waals surface area contributed by atoms with Crippen LogP contribution in [-0.2, 0) is 30.6 Å². The van der Waals surface area contributed by atoms with Gasteiger partial charge in [-0.15, -0.1) is 0 Å². The molecule has 0 heterocycles. The minimum Gasteiger partial charge on any atom is -0.508 e. The highest BCUT2D eigenvalue weighted by molar-refractivity contribution is 5.50. The van der Waals surface area contributed by atoms with Crippen molar-refractivity contribution in [3.63, 3.8) is 0 Å². The topological polar surface area (TPSA) is 79.2 Å². The van der Waals surface area contributed by atoms with E-state index in [1.807, 2.05) is 60.7 Å². The van der Waals surface area contributed by atoms with Gasteiger partial charge in [-0.05, 0) is 75.3 Å². The Morgan fingerprint density at radius 2 is 1.09 bits per heavy atom. The van der Waals surface area contributed by atoms with Crippen LogP contribution in [0.1, 0.15) is 38.9 Å². The van der Waals surface area contributed by atoms with Crippen LogP contribution in [0.2, 0.25) is 0 Å². The van der Waals surface area contributed by atoms with Gasteiger partial charge < -0.3 is 24.8 Å². The smallest absolute Gasteiger partial charge is 0.122 e. The molecule has 0 saturated heterocycles. The van der Waals surface area contributed by atoms with Crippen molar-refractivity contribution in [1.82, 2.24) is 0 Å². The van der Waals surface area contributed by atoms with Crippen LogP contribution in [0.5, 0.6) is 23.0 Å². The molecule has 180 valence electrons. The lowest BCUT2D eigenvalue weighted by Crippen LogP contribution is -2.00. The first-order valence-electron chi connectivity index (χ1n) is 11.5. The lowest BCUT2D eigenvalue weighted by Gasteiger charge is -2.15. The van der Waals surface area contributed by atoms with E-state index in [2.05, 4.69) is 0 Å². The number of ether oxygens (including phenoxy) is 2. The molecular formula is C30H30O5. The van der Waals surface area contributed by atoms with E-state index in [1.54, 1.807) is 32.4 Å². The quantitative estimate of drug-likeness (QED) is 0.291. The van der Waals surface area contributed by atoms with E-state index < -0.39 is 0 Å². The fourth-order valence-electron chi connectivity index (χ4n) is 4.26. The Hall–Kier alpha value is -3.96. The number of hydrogen-bond donors (Lipinski definition) is 3. The van der Waals surface area contributed by atoms with E-state index in [9.17, 15) is 15.3 Å². The van der Waals surface area contributed by atoms with Crippen LogP contribution in [0.4, 0.5) is 0 Å². The van der Waals surface area contributed by atoms with Gasteiger partial charge in [0.2, 0.25) is 0 Å². The van der Waals surface area contributed by atoms with E-state index in [4.69, 9.17) is 9.47 Å². The molecule has 5 nitrogen and oxygen atoms in total. The fraction of sp³-hybridized carbons (Fsp3) is 0.200. The molecule has 35 heavy (non-hydrogen) atoms. The fourth-order valence-corrected chi connectivity index (χ4v) is 4.26. The van der Waals surface area contributed by atoms with Crippen molar-refractivity contribution in [2.75, 3.05) is 14.2 Å². The average Bonchev–Trinajstić information content (AvgIpc) is 2.86. The molecule has 0 bridgehead atoms. The first kappa shape index (κ1) is 24.2.